The molecule has 0 radical (unpaired) electrons. The van der Waals surface area contributed by atoms with E-state index in [1.807, 2.05) is 18.2 Å². The molecule has 1 aromatic heterocycles. The number of nitrogens with one attached hydrogen (secondary N) is 2. The summed E-state index contributed by atoms with van der Waals surface area (Å²) in [6, 6.07) is 5.94. The van der Waals surface area contributed by atoms with Crippen molar-refractivity contribution in [3.63, 3.8) is 0 Å². The van der Waals surface area contributed by atoms with Gasteiger partial charge in [0, 0.05) is 36.8 Å². The normalized spacial score (nSPS) is 35.8. The first-order valence-electron chi connectivity index (χ1n) is 9.88. The van der Waals surface area contributed by atoms with Gasteiger partial charge in [-0.3, -0.25) is 14.6 Å². The van der Waals surface area contributed by atoms with Crippen molar-refractivity contribution in [3.05, 3.63) is 30.1 Å². The van der Waals surface area contributed by atoms with E-state index >= 15 is 0 Å². The Bertz CT molecular complexity index is 688. The van der Waals surface area contributed by atoms with E-state index in [0.29, 0.717) is 11.8 Å². The van der Waals surface area contributed by atoms with Crippen LogP contribution in [0.15, 0.2) is 24.4 Å². The van der Waals surface area contributed by atoms with Gasteiger partial charge >= 0.3 is 0 Å². The first kappa shape index (κ1) is 17.5. The molecule has 5 heteroatoms. The standard InChI is InChI=1S/C21H29N3O2/c1-14(7-18-5-3-4-6-22-18)23-19(26)20-9-16-8-17(10-20)12-21(11-16,13-20)24-15(2)25/h3-6,14,16-17H,7-13H2,1-2H3,(H,23,26)(H,24,25)/t14-,16-,17+,20?,21?/m0/s1. The molecule has 2 amide bonds. The van der Waals surface area contributed by atoms with Gasteiger partial charge in [-0.05, 0) is 69.4 Å². The van der Waals surface area contributed by atoms with E-state index in [4.69, 9.17) is 0 Å². The van der Waals surface area contributed by atoms with E-state index in [9.17, 15) is 9.59 Å². The molecule has 140 valence electrons. The van der Waals surface area contributed by atoms with Crippen LogP contribution in [0.2, 0.25) is 0 Å². The molecule has 26 heavy (non-hydrogen) atoms. The molecular weight excluding hydrogens is 326 g/mol. The van der Waals surface area contributed by atoms with Gasteiger partial charge in [0.05, 0.1) is 5.41 Å². The fraction of sp³-hybridized carbons (Fsp3) is 0.667. The van der Waals surface area contributed by atoms with Crippen molar-refractivity contribution in [2.24, 2.45) is 17.3 Å². The topological polar surface area (TPSA) is 71.1 Å². The van der Waals surface area contributed by atoms with Gasteiger partial charge in [-0.25, -0.2) is 0 Å². The molecule has 1 aromatic rings. The van der Waals surface area contributed by atoms with Crippen LogP contribution in [0.25, 0.3) is 0 Å². The van der Waals surface area contributed by atoms with E-state index in [1.165, 1.54) is 6.42 Å². The van der Waals surface area contributed by atoms with Gasteiger partial charge in [0.2, 0.25) is 11.8 Å². The highest BCUT2D eigenvalue weighted by Crippen LogP contribution is 2.61. The van der Waals surface area contributed by atoms with Gasteiger partial charge in [0.25, 0.3) is 0 Å². The lowest BCUT2D eigenvalue weighted by Crippen LogP contribution is -2.66. The third-order valence-corrected chi connectivity index (χ3v) is 6.60. The summed E-state index contributed by atoms with van der Waals surface area (Å²) < 4.78 is 0. The average Bonchev–Trinajstić information content (AvgIpc) is 2.53. The Kier molecular flexibility index (Phi) is 4.28. The lowest BCUT2D eigenvalue weighted by atomic mass is 9.46. The van der Waals surface area contributed by atoms with Crippen molar-refractivity contribution in [2.45, 2.75) is 70.4 Å². The summed E-state index contributed by atoms with van der Waals surface area (Å²) in [5, 5.41) is 6.50. The highest BCUT2D eigenvalue weighted by molar-refractivity contribution is 5.84. The van der Waals surface area contributed by atoms with Crippen LogP contribution < -0.4 is 10.6 Å². The fourth-order valence-corrected chi connectivity index (χ4v) is 6.31. The zero-order valence-electron chi connectivity index (χ0n) is 15.8. The molecule has 2 N–H and O–H groups in total. The van der Waals surface area contributed by atoms with Gasteiger partial charge in [-0.2, -0.15) is 0 Å². The molecule has 4 bridgehead atoms. The van der Waals surface area contributed by atoms with Crippen LogP contribution in [0.3, 0.4) is 0 Å². The minimum Gasteiger partial charge on any atom is -0.353 e. The number of carbonyl (C=O) groups is 2. The number of hydrogen-bond acceptors (Lipinski definition) is 3. The van der Waals surface area contributed by atoms with Crippen molar-refractivity contribution >= 4 is 11.8 Å². The third-order valence-electron chi connectivity index (χ3n) is 6.60. The summed E-state index contributed by atoms with van der Waals surface area (Å²) >= 11 is 0. The number of nitrogens with zero attached hydrogens (tertiary/aromatic N) is 1. The van der Waals surface area contributed by atoms with Gasteiger partial charge in [-0.15, -0.1) is 0 Å². The minimum atomic E-state index is -0.301. The zero-order valence-corrected chi connectivity index (χ0v) is 15.8. The second kappa shape index (κ2) is 6.36. The van der Waals surface area contributed by atoms with E-state index in [0.717, 1.165) is 44.2 Å². The predicted octanol–water partition coefficient (Wildman–Crippen LogP) is 2.60. The van der Waals surface area contributed by atoms with Crippen molar-refractivity contribution in [1.29, 1.82) is 0 Å². The number of carbonyl (C=O) groups excluding carboxylic acids is 2. The molecule has 5 nitrogen and oxygen atoms in total. The minimum absolute atomic E-state index is 0.0334. The summed E-state index contributed by atoms with van der Waals surface area (Å²) in [4.78, 5) is 29.4. The van der Waals surface area contributed by atoms with Gasteiger partial charge in [0.1, 0.15) is 0 Å². The lowest BCUT2D eigenvalue weighted by Gasteiger charge is -2.61. The van der Waals surface area contributed by atoms with Crippen LogP contribution in [0.4, 0.5) is 0 Å². The molecule has 0 saturated heterocycles. The monoisotopic (exact) mass is 355 g/mol. The van der Waals surface area contributed by atoms with Crippen molar-refractivity contribution in [1.82, 2.24) is 15.6 Å². The summed E-state index contributed by atoms with van der Waals surface area (Å²) in [6.45, 7) is 3.65. The molecule has 4 saturated carbocycles. The van der Waals surface area contributed by atoms with E-state index in [-0.39, 0.29) is 28.8 Å². The van der Waals surface area contributed by atoms with Crippen LogP contribution in [0.5, 0.6) is 0 Å². The summed E-state index contributed by atoms with van der Waals surface area (Å²) in [7, 11) is 0. The van der Waals surface area contributed by atoms with Crippen molar-refractivity contribution in [3.8, 4) is 0 Å². The largest absolute Gasteiger partial charge is 0.353 e. The molecule has 2 unspecified atom stereocenters. The second-order valence-electron chi connectivity index (χ2n) is 9.10. The molecule has 1 heterocycles. The molecular formula is C21H29N3O2. The highest BCUT2D eigenvalue weighted by Gasteiger charge is 2.60. The first-order valence-corrected chi connectivity index (χ1v) is 9.88. The Morgan fingerprint density at radius 3 is 2.58 bits per heavy atom. The summed E-state index contributed by atoms with van der Waals surface area (Å²) in [5.41, 5.74) is 0.545. The van der Waals surface area contributed by atoms with Gasteiger partial charge in [-0.1, -0.05) is 6.07 Å². The number of hydrogen-bond donors (Lipinski definition) is 2. The van der Waals surface area contributed by atoms with E-state index in [1.54, 1.807) is 13.1 Å². The van der Waals surface area contributed by atoms with Crippen LogP contribution in [-0.4, -0.2) is 28.4 Å². The Balaban J connectivity index is 1.47. The number of rotatable bonds is 5. The Morgan fingerprint density at radius 1 is 1.23 bits per heavy atom. The number of pyridine rings is 1. The van der Waals surface area contributed by atoms with Crippen LogP contribution in [-0.2, 0) is 16.0 Å². The molecule has 0 aromatic carbocycles. The SMILES string of the molecule is CC(=O)NC12C[C@H]3C[C@@H](C1)CC(C(=O)N[C@@H](C)Cc1ccccn1)(C3)C2. The van der Waals surface area contributed by atoms with Gasteiger partial charge < -0.3 is 10.6 Å². The molecule has 0 aliphatic heterocycles. The molecule has 5 rings (SSSR count). The third kappa shape index (κ3) is 3.24. The molecule has 4 fully saturated rings. The Hall–Kier alpha value is -1.91. The molecule has 4 aliphatic carbocycles. The van der Waals surface area contributed by atoms with Crippen LogP contribution in [0, 0.1) is 17.3 Å². The number of amides is 2. The fourth-order valence-electron chi connectivity index (χ4n) is 6.31. The predicted molar refractivity (Wildman–Crippen MR) is 99.2 cm³/mol. The Labute approximate surface area is 155 Å². The highest BCUT2D eigenvalue weighted by atomic mass is 16.2. The summed E-state index contributed by atoms with van der Waals surface area (Å²) in [5.74, 6) is 1.36. The molecule has 0 spiro atoms. The van der Waals surface area contributed by atoms with Crippen molar-refractivity contribution in [2.75, 3.05) is 0 Å². The molecule has 5 atom stereocenters. The smallest absolute Gasteiger partial charge is 0.226 e. The van der Waals surface area contributed by atoms with Gasteiger partial charge in [0.15, 0.2) is 0 Å². The van der Waals surface area contributed by atoms with E-state index in [2.05, 4.69) is 22.5 Å². The lowest BCUT2D eigenvalue weighted by molar-refractivity contribution is -0.153. The maximum absolute atomic E-state index is 13.3. The molecule has 4 aliphatic rings. The van der Waals surface area contributed by atoms with Crippen LogP contribution in [0.1, 0.15) is 58.1 Å². The average molecular weight is 355 g/mol. The van der Waals surface area contributed by atoms with Crippen LogP contribution >= 0.6 is 0 Å². The maximum atomic E-state index is 13.3. The first-order chi connectivity index (χ1) is 12.4. The van der Waals surface area contributed by atoms with E-state index < -0.39 is 0 Å². The second-order valence-corrected chi connectivity index (χ2v) is 9.10. The quantitative estimate of drug-likeness (QED) is 0.853. The maximum Gasteiger partial charge on any atom is 0.226 e. The Morgan fingerprint density at radius 2 is 1.96 bits per heavy atom. The zero-order chi connectivity index (χ0) is 18.4. The van der Waals surface area contributed by atoms with Crippen molar-refractivity contribution < 1.29 is 9.59 Å². The summed E-state index contributed by atoms with van der Waals surface area (Å²) in [6.07, 6.45) is 8.60. The number of aromatic nitrogens is 1.